The summed E-state index contributed by atoms with van der Waals surface area (Å²) in [5.41, 5.74) is 0.901. The molecule has 0 atom stereocenters. The highest BCUT2D eigenvalue weighted by Gasteiger charge is 2.15. The van der Waals surface area contributed by atoms with Gasteiger partial charge in [-0.2, -0.15) is 11.8 Å². The predicted octanol–water partition coefficient (Wildman–Crippen LogP) is 2.42. The fraction of sp³-hybridized carbons (Fsp3) is 0.857. The van der Waals surface area contributed by atoms with E-state index in [9.17, 15) is 0 Å². The molecule has 1 N–H and O–H groups in total. The van der Waals surface area contributed by atoms with E-state index in [0.717, 1.165) is 11.5 Å². The first-order valence-electron chi connectivity index (χ1n) is 3.05. The predicted molar refractivity (Wildman–Crippen MR) is 45.6 cm³/mol. The van der Waals surface area contributed by atoms with Gasteiger partial charge in [0, 0.05) is 16.9 Å². The van der Waals surface area contributed by atoms with Crippen LogP contribution in [0.4, 0.5) is 0 Å². The van der Waals surface area contributed by atoms with Crippen molar-refractivity contribution in [3.63, 3.8) is 0 Å². The molecule has 0 fully saturated rings. The maximum absolute atomic E-state index is 7.52. The molecule has 0 aliphatic heterocycles. The Labute approximate surface area is 61.7 Å². The molecule has 54 valence electrons. The largest absolute Gasteiger partial charge is 0.308 e. The molecule has 0 aromatic carbocycles. The maximum atomic E-state index is 7.52. The fourth-order valence-electron chi connectivity index (χ4n) is 0.361. The summed E-state index contributed by atoms with van der Waals surface area (Å²) in [4.78, 5) is 0. The van der Waals surface area contributed by atoms with Crippen LogP contribution in [-0.2, 0) is 0 Å². The first-order valence-corrected chi connectivity index (χ1v) is 4.44. The zero-order chi connectivity index (χ0) is 7.49. The third-order valence-electron chi connectivity index (χ3n) is 1.19. The van der Waals surface area contributed by atoms with E-state index in [-0.39, 0.29) is 5.41 Å². The normalized spacial score (nSPS) is 11.6. The Balaban J connectivity index is 3.74. The van der Waals surface area contributed by atoms with E-state index in [0.29, 0.717) is 0 Å². The van der Waals surface area contributed by atoms with Crippen molar-refractivity contribution < 1.29 is 0 Å². The summed E-state index contributed by atoms with van der Waals surface area (Å²) in [6.45, 7) is 6.22. The van der Waals surface area contributed by atoms with Crippen LogP contribution in [0.25, 0.3) is 0 Å². The topological polar surface area (TPSA) is 23.9 Å². The molecule has 0 aliphatic carbocycles. The highest BCUT2D eigenvalue weighted by atomic mass is 32.2. The lowest BCUT2D eigenvalue weighted by Crippen LogP contribution is -2.20. The van der Waals surface area contributed by atoms with Crippen LogP contribution in [0.1, 0.15) is 20.8 Å². The van der Waals surface area contributed by atoms with E-state index >= 15 is 0 Å². The van der Waals surface area contributed by atoms with Crippen LogP contribution in [0.5, 0.6) is 0 Å². The van der Waals surface area contributed by atoms with Crippen LogP contribution in [0.2, 0.25) is 0 Å². The molecule has 0 aromatic rings. The van der Waals surface area contributed by atoms with Gasteiger partial charge in [0.25, 0.3) is 0 Å². The Morgan fingerprint density at radius 3 is 2.00 bits per heavy atom. The van der Waals surface area contributed by atoms with Gasteiger partial charge >= 0.3 is 0 Å². The first kappa shape index (κ1) is 9.02. The van der Waals surface area contributed by atoms with Crippen molar-refractivity contribution in [3.05, 3.63) is 0 Å². The lowest BCUT2D eigenvalue weighted by Gasteiger charge is -2.18. The fourth-order valence-corrected chi connectivity index (χ4v) is 1.08. The van der Waals surface area contributed by atoms with Crippen LogP contribution in [0, 0.1) is 10.8 Å². The van der Waals surface area contributed by atoms with Gasteiger partial charge in [-0.3, -0.25) is 0 Å². The van der Waals surface area contributed by atoms with Gasteiger partial charge in [0.1, 0.15) is 0 Å². The van der Waals surface area contributed by atoms with E-state index in [1.807, 2.05) is 6.26 Å². The van der Waals surface area contributed by atoms with Crippen molar-refractivity contribution >= 4 is 17.5 Å². The zero-order valence-electron chi connectivity index (χ0n) is 6.62. The average Bonchev–Trinajstić information content (AvgIpc) is 1.64. The lowest BCUT2D eigenvalue weighted by atomic mass is 9.91. The molecule has 0 aliphatic rings. The Kier molecular flexibility index (Phi) is 3.26. The van der Waals surface area contributed by atoms with Gasteiger partial charge in [0.15, 0.2) is 0 Å². The molecule has 0 heterocycles. The van der Waals surface area contributed by atoms with Gasteiger partial charge in [-0.05, 0) is 6.26 Å². The Morgan fingerprint density at radius 2 is 1.89 bits per heavy atom. The van der Waals surface area contributed by atoms with Crippen LogP contribution in [0.3, 0.4) is 0 Å². The van der Waals surface area contributed by atoms with E-state index in [4.69, 9.17) is 5.41 Å². The minimum absolute atomic E-state index is 0.0724. The summed E-state index contributed by atoms with van der Waals surface area (Å²) in [5, 5.41) is 7.52. The average molecular weight is 145 g/mol. The zero-order valence-corrected chi connectivity index (χ0v) is 7.43. The summed E-state index contributed by atoms with van der Waals surface area (Å²) in [6.07, 6.45) is 2.03. The van der Waals surface area contributed by atoms with E-state index in [1.54, 1.807) is 11.8 Å². The second-order valence-corrected chi connectivity index (χ2v) is 4.03. The van der Waals surface area contributed by atoms with Crippen LogP contribution in [0.15, 0.2) is 0 Å². The van der Waals surface area contributed by atoms with Crippen LogP contribution < -0.4 is 0 Å². The molecule has 0 unspecified atom stereocenters. The number of hydrogen-bond donors (Lipinski definition) is 1. The molecule has 0 saturated heterocycles. The van der Waals surface area contributed by atoms with Crippen molar-refractivity contribution in [2.75, 3.05) is 12.0 Å². The molecule has 0 radical (unpaired) electrons. The van der Waals surface area contributed by atoms with Gasteiger partial charge in [0.2, 0.25) is 0 Å². The number of rotatable bonds is 2. The minimum Gasteiger partial charge on any atom is -0.308 e. The SMILES string of the molecule is CSCC(=N)C(C)(C)C. The molecule has 2 heteroatoms. The standard InChI is InChI=1S/C7H15NS/c1-7(2,3)6(8)5-9-4/h8H,5H2,1-4H3. The van der Waals surface area contributed by atoms with Crippen molar-refractivity contribution in [1.82, 2.24) is 0 Å². The first-order chi connectivity index (χ1) is 3.98. The third kappa shape index (κ3) is 3.57. The summed E-state index contributed by atoms with van der Waals surface area (Å²) in [5.74, 6) is 0.865. The molecule has 0 aromatic heterocycles. The number of thioether (sulfide) groups is 1. The number of hydrogen-bond acceptors (Lipinski definition) is 2. The molecule has 0 bridgehead atoms. The highest BCUT2D eigenvalue weighted by Crippen LogP contribution is 2.16. The summed E-state index contributed by atoms with van der Waals surface area (Å²) in [6, 6.07) is 0. The quantitative estimate of drug-likeness (QED) is 0.593. The molecular weight excluding hydrogens is 130 g/mol. The van der Waals surface area contributed by atoms with Crippen molar-refractivity contribution in [1.29, 1.82) is 5.41 Å². The Bertz CT molecular complexity index is 102. The van der Waals surface area contributed by atoms with E-state index in [2.05, 4.69) is 20.8 Å². The second-order valence-electron chi connectivity index (χ2n) is 3.16. The van der Waals surface area contributed by atoms with E-state index < -0.39 is 0 Å². The summed E-state index contributed by atoms with van der Waals surface area (Å²) in [7, 11) is 0. The third-order valence-corrected chi connectivity index (χ3v) is 1.77. The van der Waals surface area contributed by atoms with Crippen LogP contribution in [-0.4, -0.2) is 17.7 Å². The van der Waals surface area contributed by atoms with E-state index in [1.165, 1.54) is 0 Å². The molecule has 0 saturated carbocycles. The minimum atomic E-state index is 0.0724. The van der Waals surface area contributed by atoms with Crippen LogP contribution >= 0.6 is 11.8 Å². The second kappa shape index (κ2) is 3.25. The van der Waals surface area contributed by atoms with Crippen molar-refractivity contribution in [2.45, 2.75) is 20.8 Å². The van der Waals surface area contributed by atoms with Crippen molar-refractivity contribution in [3.8, 4) is 0 Å². The smallest absolute Gasteiger partial charge is 0.0314 e. The molecule has 0 amide bonds. The Hall–Kier alpha value is 0.0200. The summed E-state index contributed by atoms with van der Waals surface area (Å²) < 4.78 is 0. The molecule has 0 rings (SSSR count). The monoisotopic (exact) mass is 145 g/mol. The van der Waals surface area contributed by atoms with Gasteiger partial charge in [0.05, 0.1) is 0 Å². The Morgan fingerprint density at radius 1 is 1.44 bits per heavy atom. The van der Waals surface area contributed by atoms with Gasteiger partial charge < -0.3 is 5.41 Å². The molecular formula is C7H15NS. The van der Waals surface area contributed by atoms with Gasteiger partial charge in [-0.1, -0.05) is 20.8 Å². The molecule has 0 spiro atoms. The number of nitrogens with one attached hydrogen (secondary N) is 1. The highest BCUT2D eigenvalue weighted by molar-refractivity contribution is 7.99. The maximum Gasteiger partial charge on any atom is 0.0314 e. The van der Waals surface area contributed by atoms with Crippen molar-refractivity contribution in [2.24, 2.45) is 5.41 Å². The molecule has 9 heavy (non-hydrogen) atoms. The molecule has 1 nitrogen and oxygen atoms in total. The van der Waals surface area contributed by atoms with Gasteiger partial charge in [-0.25, -0.2) is 0 Å². The van der Waals surface area contributed by atoms with Gasteiger partial charge in [-0.15, -0.1) is 0 Å². The lowest BCUT2D eigenvalue weighted by molar-refractivity contribution is 0.585. The summed E-state index contributed by atoms with van der Waals surface area (Å²) >= 11 is 1.71.